The van der Waals surface area contributed by atoms with Crippen molar-refractivity contribution in [2.45, 2.75) is 25.7 Å². The topological polar surface area (TPSA) is 66.8 Å². The highest BCUT2D eigenvalue weighted by atomic mass is 16.5. The molecule has 0 saturated heterocycles. The fourth-order valence-corrected chi connectivity index (χ4v) is 2.56. The molecule has 2 N–H and O–H groups in total. The zero-order valence-corrected chi connectivity index (χ0v) is 10.2. The zero-order valence-electron chi connectivity index (χ0n) is 10.2. The van der Waals surface area contributed by atoms with Gasteiger partial charge >= 0.3 is 5.97 Å². The van der Waals surface area contributed by atoms with E-state index in [1.54, 1.807) is 12.1 Å². The average Bonchev–Trinajstić information content (AvgIpc) is 2.83. The predicted octanol–water partition coefficient (Wildman–Crippen LogP) is 2.15. The van der Waals surface area contributed by atoms with Crippen LogP contribution in [0.15, 0.2) is 18.2 Å². The summed E-state index contributed by atoms with van der Waals surface area (Å²) in [4.78, 5) is 11.5. The zero-order chi connectivity index (χ0) is 12.8. The van der Waals surface area contributed by atoms with Crippen LogP contribution in [0.1, 0.15) is 25.8 Å². The maximum Gasteiger partial charge on any atom is 0.314 e. The standard InChI is InChI=1S/C13H16O4/c1-12(2)7-13(12,11(15)16)8-4-5-10(17-3)9(14)6-8/h4-6,14H,7H2,1-3H3,(H,15,16). The fourth-order valence-electron chi connectivity index (χ4n) is 2.56. The predicted molar refractivity (Wildman–Crippen MR) is 62.4 cm³/mol. The van der Waals surface area contributed by atoms with Gasteiger partial charge in [0.05, 0.1) is 12.5 Å². The fraction of sp³-hybridized carbons (Fsp3) is 0.462. The van der Waals surface area contributed by atoms with Crippen molar-refractivity contribution < 1.29 is 19.7 Å². The SMILES string of the molecule is COc1ccc(C2(C(=O)O)CC2(C)C)cc1O. The third-order valence-corrected chi connectivity index (χ3v) is 3.77. The maximum absolute atomic E-state index is 11.5. The number of hydrogen-bond donors (Lipinski definition) is 2. The maximum atomic E-state index is 11.5. The van der Waals surface area contributed by atoms with Gasteiger partial charge in [-0.15, -0.1) is 0 Å². The molecule has 0 amide bonds. The molecule has 0 radical (unpaired) electrons. The van der Waals surface area contributed by atoms with E-state index in [-0.39, 0.29) is 11.2 Å². The van der Waals surface area contributed by atoms with Gasteiger partial charge in [0.1, 0.15) is 0 Å². The Labute approximate surface area is 99.8 Å². The van der Waals surface area contributed by atoms with Crippen molar-refractivity contribution in [2.75, 3.05) is 7.11 Å². The smallest absolute Gasteiger partial charge is 0.314 e. The normalized spacial score (nSPS) is 25.4. The van der Waals surface area contributed by atoms with Crippen LogP contribution in [0.4, 0.5) is 0 Å². The molecule has 0 heterocycles. The van der Waals surface area contributed by atoms with Crippen molar-refractivity contribution in [3.05, 3.63) is 23.8 Å². The van der Waals surface area contributed by atoms with Crippen molar-refractivity contribution in [2.24, 2.45) is 5.41 Å². The number of ether oxygens (including phenoxy) is 1. The first-order chi connectivity index (χ1) is 7.85. The minimum Gasteiger partial charge on any atom is -0.504 e. The first kappa shape index (κ1) is 11.8. The number of hydrogen-bond acceptors (Lipinski definition) is 3. The summed E-state index contributed by atoms with van der Waals surface area (Å²) in [7, 11) is 1.46. The van der Waals surface area contributed by atoms with Crippen LogP contribution in [0.2, 0.25) is 0 Å². The van der Waals surface area contributed by atoms with Crippen molar-refractivity contribution >= 4 is 5.97 Å². The summed E-state index contributed by atoms with van der Waals surface area (Å²) in [6, 6.07) is 4.80. The Morgan fingerprint density at radius 3 is 2.35 bits per heavy atom. The molecule has 4 heteroatoms. The Hall–Kier alpha value is -1.71. The van der Waals surface area contributed by atoms with Crippen LogP contribution in [0.3, 0.4) is 0 Å². The second kappa shape index (κ2) is 3.39. The third-order valence-electron chi connectivity index (χ3n) is 3.77. The molecule has 2 rings (SSSR count). The number of aliphatic carboxylic acids is 1. The number of rotatable bonds is 3. The highest BCUT2D eigenvalue weighted by Crippen LogP contribution is 2.64. The monoisotopic (exact) mass is 236 g/mol. The van der Waals surface area contributed by atoms with Gasteiger partial charge in [0.25, 0.3) is 0 Å². The van der Waals surface area contributed by atoms with E-state index in [4.69, 9.17) is 4.74 Å². The van der Waals surface area contributed by atoms with Crippen LogP contribution in [0.25, 0.3) is 0 Å². The summed E-state index contributed by atoms with van der Waals surface area (Å²) in [6.07, 6.45) is 0.584. The summed E-state index contributed by atoms with van der Waals surface area (Å²) >= 11 is 0. The van der Waals surface area contributed by atoms with E-state index >= 15 is 0 Å². The van der Waals surface area contributed by atoms with Crippen LogP contribution in [0, 0.1) is 5.41 Å². The van der Waals surface area contributed by atoms with Gasteiger partial charge in [0.2, 0.25) is 0 Å². The molecular weight excluding hydrogens is 220 g/mol. The first-order valence-electron chi connectivity index (χ1n) is 5.46. The second-order valence-electron chi connectivity index (χ2n) is 5.16. The van der Waals surface area contributed by atoms with Crippen LogP contribution < -0.4 is 4.74 Å². The number of carbonyl (C=O) groups is 1. The molecule has 1 aliphatic rings. The Morgan fingerprint density at radius 2 is 2.00 bits per heavy atom. The molecule has 1 unspecified atom stereocenters. The van der Waals surface area contributed by atoms with E-state index < -0.39 is 11.4 Å². The van der Waals surface area contributed by atoms with Gasteiger partial charge in [-0.3, -0.25) is 4.79 Å². The lowest BCUT2D eigenvalue weighted by molar-refractivity contribution is -0.141. The minimum absolute atomic E-state index is 0.0201. The molecule has 4 nitrogen and oxygen atoms in total. The van der Waals surface area contributed by atoms with E-state index in [2.05, 4.69) is 0 Å². The number of carboxylic acids is 1. The molecule has 1 aromatic rings. The molecular formula is C13H16O4. The van der Waals surface area contributed by atoms with Gasteiger partial charge in [-0.2, -0.15) is 0 Å². The van der Waals surface area contributed by atoms with E-state index in [0.29, 0.717) is 17.7 Å². The van der Waals surface area contributed by atoms with Gasteiger partial charge < -0.3 is 14.9 Å². The lowest BCUT2D eigenvalue weighted by Crippen LogP contribution is -2.25. The van der Waals surface area contributed by atoms with Gasteiger partial charge in [0.15, 0.2) is 11.5 Å². The number of phenols is 1. The molecule has 1 saturated carbocycles. The van der Waals surface area contributed by atoms with Gasteiger partial charge in [-0.1, -0.05) is 19.9 Å². The van der Waals surface area contributed by atoms with Crippen LogP contribution in [-0.2, 0) is 10.2 Å². The van der Waals surface area contributed by atoms with Crippen LogP contribution in [0.5, 0.6) is 11.5 Å². The largest absolute Gasteiger partial charge is 0.504 e. The summed E-state index contributed by atoms with van der Waals surface area (Å²) in [5, 5.41) is 19.1. The molecule has 0 bridgehead atoms. The summed E-state index contributed by atoms with van der Waals surface area (Å²) in [5.41, 5.74) is -0.523. The lowest BCUT2D eigenvalue weighted by Gasteiger charge is -2.17. The van der Waals surface area contributed by atoms with Crippen molar-refractivity contribution in [3.63, 3.8) is 0 Å². The molecule has 0 aromatic heterocycles. The van der Waals surface area contributed by atoms with E-state index in [1.165, 1.54) is 13.2 Å². The molecule has 1 fully saturated rings. The van der Waals surface area contributed by atoms with Crippen molar-refractivity contribution in [1.82, 2.24) is 0 Å². The van der Waals surface area contributed by atoms with Crippen molar-refractivity contribution in [3.8, 4) is 11.5 Å². The summed E-state index contributed by atoms with van der Waals surface area (Å²) < 4.78 is 4.95. The van der Waals surface area contributed by atoms with Gasteiger partial charge in [-0.25, -0.2) is 0 Å². The van der Waals surface area contributed by atoms with Gasteiger partial charge in [0, 0.05) is 0 Å². The summed E-state index contributed by atoms with van der Waals surface area (Å²) in [6.45, 7) is 3.84. The number of methoxy groups -OCH3 is 1. The molecule has 17 heavy (non-hydrogen) atoms. The molecule has 1 atom stereocenters. The number of benzene rings is 1. The highest BCUT2D eigenvalue weighted by Gasteiger charge is 2.67. The molecule has 1 aliphatic carbocycles. The minimum atomic E-state index is -0.878. The van der Waals surface area contributed by atoms with E-state index in [9.17, 15) is 15.0 Å². The quantitative estimate of drug-likeness (QED) is 0.843. The third kappa shape index (κ3) is 1.47. The van der Waals surface area contributed by atoms with Crippen molar-refractivity contribution in [1.29, 1.82) is 0 Å². The number of aromatic hydroxyl groups is 1. The van der Waals surface area contributed by atoms with E-state index in [1.807, 2.05) is 13.8 Å². The molecule has 92 valence electrons. The van der Waals surface area contributed by atoms with Gasteiger partial charge in [-0.05, 0) is 29.5 Å². The summed E-state index contributed by atoms with van der Waals surface area (Å²) in [5.74, 6) is -0.506. The second-order valence-corrected chi connectivity index (χ2v) is 5.16. The van der Waals surface area contributed by atoms with Crippen LogP contribution in [-0.4, -0.2) is 23.3 Å². The molecule has 1 aromatic carbocycles. The molecule has 0 spiro atoms. The van der Waals surface area contributed by atoms with Crippen LogP contribution >= 0.6 is 0 Å². The van der Waals surface area contributed by atoms with E-state index in [0.717, 1.165) is 0 Å². The Morgan fingerprint density at radius 1 is 1.41 bits per heavy atom. The molecule has 0 aliphatic heterocycles. The highest BCUT2D eigenvalue weighted by molar-refractivity contribution is 5.87. The number of carboxylic acid groups (broad SMARTS) is 1. The lowest BCUT2D eigenvalue weighted by atomic mass is 9.88. The Bertz CT molecular complexity index is 478. The average molecular weight is 236 g/mol. The Kier molecular flexibility index (Phi) is 2.35. The first-order valence-corrected chi connectivity index (χ1v) is 5.46. The Balaban J connectivity index is 2.48. The number of phenolic OH excluding ortho intramolecular Hbond substituents is 1.